The number of aryl methyl sites for hydroxylation is 2. The Hall–Kier alpha value is -1.97. The number of nitrogens with zero attached hydrogens (tertiary/aromatic N) is 2. The van der Waals surface area contributed by atoms with Crippen LogP contribution in [-0.4, -0.2) is 9.78 Å². The van der Waals surface area contributed by atoms with E-state index in [1.807, 2.05) is 19.2 Å². The van der Waals surface area contributed by atoms with Crippen LogP contribution in [-0.2, 0) is 13.5 Å². The zero-order valence-electron chi connectivity index (χ0n) is 9.57. The monoisotopic (exact) mass is 216 g/mol. The number of anilines is 3. The number of nitrogens with one attached hydrogen (secondary N) is 1. The maximum atomic E-state index is 5.81. The smallest absolute Gasteiger partial charge is 0.175 e. The van der Waals surface area contributed by atoms with Crippen LogP contribution in [0.15, 0.2) is 30.5 Å². The molecule has 0 aliphatic carbocycles. The fourth-order valence-electron chi connectivity index (χ4n) is 1.61. The Morgan fingerprint density at radius 1 is 1.44 bits per heavy atom. The summed E-state index contributed by atoms with van der Waals surface area (Å²) in [6.07, 6.45) is 2.80. The minimum Gasteiger partial charge on any atom is -0.394 e. The summed E-state index contributed by atoms with van der Waals surface area (Å²) in [5.74, 6) is 0.704. The van der Waals surface area contributed by atoms with Crippen molar-refractivity contribution in [3.8, 4) is 0 Å². The van der Waals surface area contributed by atoms with Gasteiger partial charge in [-0.05, 0) is 24.1 Å². The number of aromatic nitrogens is 2. The molecule has 0 atom stereocenters. The molecule has 1 heterocycles. The van der Waals surface area contributed by atoms with Gasteiger partial charge in [-0.1, -0.05) is 19.1 Å². The fraction of sp³-hybridized carbons (Fsp3) is 0.250. The summed E-state index contributed by atoms with van der Waals surface area (Å²) in [5, 5.41) is 7.45. The van der Waals surface area contributed by atoms with Gasteiger partial charge < -0.3 is 11.1 Å². The van der Waals surface area contributed by atoms with Crippen molar-refractivity contribution in [2.75, 3.05) is 11.1 Å². The highest BCUT2D eigenvalue weighted by Crippen LogP contribution is 2.21. The van der Waals surface area contributed by atoms with Gasteiger partial charge in [0.25, 0.3) is 0 Å². The largest absolute Gasteiger partial charge is 0.394 e. The Balaban J connectivity index is 2.23. The molecule has 84 valence electrons. The average Bonchev–Trinajstić information content (AvgIpc) is 2.58. The molecule has 1 aromatic carbocycles. The molecule has 1 aromatic heterocycles. The molecule has 0 radical (unpaired) electrons. The molecule has 0 saturated heterocycles. The van der Waals surface area contributed by atoms with Crippen molar-refractivity contribution in [3.63, 3.8) is 0 Å². The molecule has 3 N–H and O–H groups in total. The van der Waals surface area contributed by atoms with Gasteiger partial charge in [-0.3, -0.25) is 4.68 Å². The third-order valence-corrected chi connectivity index (χ3v) is 2.46. The molecule has 4 nitrogen and oxygen atoms in total. The molecule has 0 bridgehead atoms. The molecule has 0 spiro atoms. The summed E-state index contributed by atoms with van der Waals surface area (Å²) in [6, 6.07) is 8.24. The van der Waals surface area contributed by atoms with Gasteiger partial charge in [-0.25, -0.2) is 0 Å². The van der Waals surface area contributed by atoms with E-state index in [-0.39, 0.29) is 0 Å². The summed E-state index contributed by atoms with van der Waals surface area (Å²) in [6.45, 7) is 2.13. The number of nitrogens with two attached hydrogens (primary N) is 1. The summed E-state index contributed by atoms with van der Waals surface area (Å²) >= 11 is 0. The Labute approximate surface area is 95.1 Å². The lowest BCUT2D eigenvalue weighted by Gasteiger charge is -2.05. The van der Waals surface area contributed by atoms with Crippen LogP contribution >= 0.6 is 0 Å². The van der Waals surface area contributed by atoms with E-state index < -0.39 is 0 Å². The second kappa shape index (κ2) is 4.26. The fourth-order valence-corrected chi connectivity index (χ4v) is 1.61. The molecule has 0 saturated carbocycles. The standard InChI is InChI=1S/C12H16N4/c1-3-9-5-4-6-10(7-9)14-12-11(13)8-16(2)15-12/h4-8H,3,13H2,1-2H3,(H,14,15). The van der Waals surface area contributed by atoms with E-state index in [1.165, 1.54) is 5.56 Å². The molecule has 4 heteroatoms. The maximum Gasteiger partial charge on any atom is 0.175 e. The molecule has 0 fully saturated rings. The van der Waals surface area contributed by atoms with E-state index in [1.54, 1.807) is 10.9 Å². The van der Waals surface area contributed by atoms with Gasteiger partial charge in [0.1, 0.15) is 0 Å². The molecule has 2 aromatic rings. The first kappa shape index (κ1) is 10.5. The first-order chi connectivity index (χ1) is 7.69. The molecule has 0 amide bonds. The van der Waals surface area contributed by atoms with Gasteiger partial charge in [0.2, 0.25) is 0 Å². The van der Waals surface area contributed by atoms with Gasteiger partial charge >= 0.3 is 0 Å². The molecule has 16 heavy (non-hydrogen) atoms. The number of rotatable bonds is 3. The second-order valence-corrected chi connectivity index (χ2v) is 3.79. The third kappa shape index (κ3) is 2.16. The Bertz CT molecular complexity index is 488. The lowest BCUT2D eigenvalue weighted by molar-refractivity contribution is 0.771. The second-order valence-electron chi connectivity index (χ2n) is 3.79. The van der Waals surface area contributed by atoms with Crippen LogP contribution in [0.25, 0.3) is 0 Å². The number of hydrogen-bond donors (Lipinski definition) is 2. The van der Waals surface area contributed by atoms with Crippen LogP contribution in [0.3, 0.4) is 0 Å². The quantitative estimate of drug-likeness (QED) is 0.827. The zero-order chi connectivity index (χ0) is 11.5. The molecule has 0 aliphatic rings. The van der Waals surface area contributed by atoms with Crippen LogP contribution in [0.5, 0.6) is 0 Å². The maximum absolute atomic E-state index is 5.81. The van der Waals surface area contributed by atoms with E-state index >= 15 is 0 Å². The van der Waals surface area contributed by atoms with E-state index in [0.29, 0.717) is 11.5 Å². The van der Waals surface area contributed by atoms with Crippen molar-refractivity contribution >= 4 is 17.2 Å². The van der Waals surface area contributed by atoms with Crippen LogP contribution < -0.4 is 11.1 Å². The number of benzene rings is 1. The highest BCUT2D eigenvalue weighted by Gasteiger charge is 2.04. The van der Waals surface area contributed by atoms with Crippen molar-refractivity contribution in [2.45, 2.75) is 13.3 Å². The van der Waals surface area contributed by atoms with Crippen LogP contribution in [0, 0.1) is 0 Å². The highest BCUT2D eigenvalue weighted by molar-refractivity contribution is 5.68. The van der Waals surface area contributed by atoms with Crippen LogP contribution in [0.2, 0.25) is 0 Å². The van der Waals surface area contributed by atoms with Crippen molar-refractivity contribution in [2.24, 2.45) is 7.05 Å². The highest BCUT2D eigenvalue weighted by atomic mass is 15.3. The first-order valence-electron chi connectivity index (χ1n) is 5.34. The predicted octanol–water partition coefficient (Wildman–Crippen LogP) is 2.31. The predicted molar refractivity (Wildman–Crippen MR) is 66.7 cm³/mol. The Morgan fingerprint density at radius 2 is 2.25 bits per heavy atom. The van der Waals surface area contributed by atoms with Crippen LogP contribution in [0.4, 0.5) is 17.2 Å². The van der Waals surface area contributed by atoms with Gasteiger partial charge in [-0.2, -0.15) is 5.10 Å². The molecule has 2 rings (SSSR count). The summed E-state index contributed by atoms with van der Waals surface area (Å²) in [7, 11) is 1.85. The molecule has 0 aliphatic heterocycles. The van der Waals surface area contributed by atoms with Crippen molar-refractivity contribution in [3.05, 3.63) is 36.0 Å². The van der Waals surface area contributed by atoms with Gasteiger partial charge in [0, 0.05) is 18.9 Å². The van der Waals surface area contributed by atoms with Gasteiger partial charge in [0.05, 0.1) is 5.69 Å². The SMILES string of the molecule is CCc1cccc(Nc2nn(C)cc2N)c1. The topological polar surface area (TPSA) is 55.9 Å². The van der Waals surface area contributed by atoms with E-state index in [0.717, 1.165) is 12.1 Å². The third-order valence-electron chi connectivity index (χ3n) is 2.46. The minimum absolute atomic E-state index is 0.657. The number of nitrogen functional groups attached to an aromatic ring is 1. The van der Waals surface area contributed by atoms with Crippen LogP contribution in [0.1, 0.15) is 12.5 Å². The molecule has 0 unspecified atom stereocenters. The normalized spacial score (nSPS) is 10.4. The Kier molecular flexibility index (Phi) is 2.81. The summed E-state index contributed by atoms with van der Waals surface area (Å²) < 4.78 is 1.70. The Morgan fingerprint density at radius 3 is 2.88 bits per heavy atom. The van der Waals surface area contributed by atoms with E-state index in [4.69, 9.17) is 5.73 Å². The van der Waals surface area contributed by atoms with Crippen molar-refractivity contribution in [1.29, 1.82) is 0 Å². The van der Waals surface area contributed by atoms with Gasteiger partial charge in [-0.15, -0.1) is 0 Å². The molecular weight excluding hydrogens is 200 g/mol. The molecular formula is C12H16N4. The van der Waals surface area contributed by atoms with Gasteiger partial charge in [0.15, 0.2) is 5.82 Å². The zero-order valence-corrected chi connectivity index (χ0v) is 9.57. The van der Waals surface area contributed by atoms with E-state index in [2.05, 4.69) is 29.5 Å². The number of hydrogen-bond acceptors (Lipinski definition) is 3. The van der Waals surface area contributed by atoms with E-state index in [9.17, 15) is 0 Å². The minimum atomic E-state index is 0.657. The lowest BCUT2D eigenvalue weighted by atomic mass is 10.1. The van der Waals surface area contributed by atoms with Crippen molar-refractivity contribution in [1.82, 2.24) is 9.78 Å². The first-order valence-corrected chi connectivity index (χ1v) is 5.34. The average molecular weight is 216 g/mol. The summed E-state index contributed by atoms with van der Waals surface area (Å²) in [5.41, 5.74) is 8.78. The summed E-state index contributed by atoms with van der Waals surface area (Å²) in [4.78, 5) is 0. The van der Waals surface area contributed by atoms with Crippen molar-refractivity contribution < 1.29 is 0 Å². The lowest BCUT2D eigenvalue weighted by Crippen LogP contribution is -1.96.